The molecule has 2 unspecified atom stereocenters. The molecule has 5 heteroatoms. The van der Waals surface area contributed by atoms with Crippen LogP contribution in [0.5, 0.6) is 0 Å². The number of aromatic nitrogens is 2. The molecule has 0 amide bonds. The van der Waals surface area contributed by atoms with E-state index >= 15 is 0 Å². The minimum absolute atomic E-state index is 0.136. The number of nitrogens with zero attached hydrogens (tertiary/aromatic N) is 2. The summed E-state index contributed by atoms with van der Waals surface area (Å²) < 4.78 is 1.84. The largest absolute Gasteiger partial charge is 0.386 e. The van der Waals surface area contributed by atoms with Gasteiger partial charge in [-0.05, 0) is 50.1 Å². The van der Waals surface area contributed by atoms with Gasteiger partial charge in [-0.1, -0.05) is 11.6 Å². The average Bonchev–Trinajstić information content (AvgIpc) is 3.03. The van der Waals surface area contributed by atoms with Gasteiger partial charge in [0.25, 0.3) is 0 Å². The average molecular weight is 311 g/mol. The first-order valence-corrected chi connectivity index (χ1v) is 8.32. The minimum atomic E-state index is -0.582. The van der Waals surface area contributed by atoms with Gasteiger partial charge >= 0.3 is 0 Å². The predicted molar refractivity (Wildman–Crippen MR) is 82.6 cm³/mol. The molecule has 20 heavy (non-hydrogen) atoms. The summed E-state index contributed by atoms with van der Waals surface area (Å²) >= 11 is 8.06. The van der Waals surface area contributed by atoms with Gasteiger partial charge in [-0.3, -0.25) is 4.68 Å². The van der Waals surface area contributed by atoms with Gasteiger partial charge in [-0.15, -0.1) is 11.3 Å². The van der Waals surface area contributed by atoms with Crippen LogP contribution >= 0.6 is 22.9 Å². The quantitative estimate of drug-likeness (QED) is 0.916. The summed E-state index contributed by atoms with van der Waals surface area (Å²) in [6.45, 7) is 4.10. The Morgan fingerprint density at radius 2 is 2.30 bits per heavy atom. The number of aliphatic hydroxyl groups is 1. The van der Waals surface area contributed by atoms with Crippen molar-refractivity contribution in [2.45, 2.75) is 51.2 Å². The van der Waals surface area contributed by atoms with Crippen LogP contribution in [0.4, 0.5) is 0 Å². The number of thiophene rings is 1. The van der Waals surface area contributed by atoms with Crippen LogP contribution in [0.15, 0.2) is 17.6 Å². The van der Waals surface area contributed by atoms with Crippen LogP contribution in [-0.2, 0) is 6.42 Å². The molecule has 2 aromatic heterocycles. The second-order valence-corrected chi connectivity index (χ2v) is 7.07. The molecule has 2 atom stereocenters. The van der Waals surface area contributed by atoms with Gasteiger partial charge in [0.15, 0.2) is 0 Å². The predicted octanol–water partition coefficient (Wildman–Crippen LogP) is 4.33. The molecule has 0 bridgehead atoms. The van der Waals surface area contributed by atoms with E-state index in [1.807, 2.05) is 4.68 Å². The van der Waals surface area contributed by atoms with Crippen molar-refractivity contribution in [3.8, 4) is 0 Å². The Hall–Kier alpha value is -0.840. The smallest absolute Gasteiger partial charge is 0.104 e. The summed E-state index contributed by atoms with van der Waals surface area (Å²) in [7, 11) is 0. The van der Waals surface area contributed by atoms with Crippen molar-refractivity contribution >= 4 is 22.9 Å². The first-order valence-electron chi connectivity index (χ1n) is 7.06. The molecule has 3 rings (SSSR count). The van der Waals surface area contributed by atoms with Crippen molar-refractivity contribution in [1.82, 2.24) is 9.78 Å². The number of hydrogen-bond donors (Lipinski definition) is 1. The van der Waals surface area contributed by atoms with E-state index in [4.69, 9.17) is 11.6 Å². The standard InChI is InChI=1S/C15H19ClN2OS/c1-9(2)18-14(12(16)8-17-18)15(19)11-4-3-5-13-10(11)6-7-20-13/h6-9,11,15,19H,3-5H2,1-2H3. The van der Waals surface area contributed by atoms with Gasteiger partial charge in [-0.2, -0.15) is 5.10 Å². The van der Waals surface area contributed by atoms with E-state index in [1.165, 1.54) is 10.4 Å². The number of fused-ring (bicyclic) bond motifs is 1. The van der Waals surface area contributed by atoms with Crippen LogP contribution < -0.4 is 0 Å². The second kappa shape index (κ2) is 5.51. The third-order valence-electron chi connectivity index (χ3n) is 4.04. The lowest BCUT2D eigenvalue weighted by Gasteiger charge is -2.28. The molecule has 2 aromatic rings. The van der Waals surface area contributed by atoms with E-state index in [0.717, 1.165) is 25.0 Å². The Labute approximate surface area is 128 Å². The molecule has 1 aliphatic rings. The maximum absolute atomic E-state index is 10.9. The van der Waals surface area contributed by atoms with Crippen molar-refractivity contribution in [2.24, 2.45) is 0 Å². The summed E-state index contributed by atoms with van der Waals surface area (Å²) in [5, 5.41) is 17.9. The number of aliphatic hydroxyl groups excluding tert-OH is 1. The summed E-state index contributed by atoms with van der Waals surface area (Å²) in [4.78, 5) is 1.41. The zero-order chi connectivity index (χ0) is 14.3. The lowest BCUT2D eigenvalue weighted by Crippen LogP contribution is -2.20. The summed E-state index contributed by atoms with van der Waals surface area (Å²) in [6.07, 6.45) is 4.32. The Balaban J connectivity index is 1.99. The Morgan fingerprint density at radius 3 is 3.05 bits per heavy atom. The molecule has 0 spiro atoms. The zero-order valence-electron chi connectivity index (χ0n) is 11.7. The van der Waals surface area contributed by atoms with Crippen molar-refractivity contribution < 1.29 is 5.11 Å². The van der Waals surface area contributed by atoms with E-state index in [2.05, 4.69) is 30.4 Å². The van der Waals surface area contributed by atoms with Crippen LogP contribution in [0, 0.1) is 0 Å². The van der Waals surface area contributed by atoms with Gasteiger partial charge < -0.3 is 5.11 Å². The normalized spacial score (nSPS) is 20.1. The van der Waals surface area contributed by atoms with E-state index in [9.17, 15) is 5.11 Å². The Morgan fingerprint density at radius 1 is 1.50 bits per heavy atom. The van der Waals surface area contributed by atoms with Crippen LogP contribution in [0.1, 0.15) is 60.9 Å². The van der Waals surface area contributed by atoms with Gasteiger partial charge in [-0.25, -0.2) is 0 Å². The molecule has 0 saturated carbocycles. The molecule has 0 aromatic carbocycles. The third-order valence-corrected chi connectivity index (χ3v) is 5.32. The Bertz CT molecular complexity index is 605. The number of hydrogen-bond acceptors (Lipinski definition) is 3. The topological polar surface area (TPSA) is 38.0 Å². The highest BCUT2D eigenvalue weighted by molar-refractivity contribution is 7.10. The van der Waals surface area contributed by atoms with Crippen molar-refractivity contribution in [3.63, 3.8) is 0 Å². The summed E-state index contributed by atoms with van der Waals surface area (Å²) in [5.74, 6) is 0.136. The van der Waals surface area contributed by atoms with E-state index < -0.39 is 6.10 Å². The molecule has 0 radical (unpaired) electrons. The highest BCUT2D eigenvalue weighted by atomic mass is 35.5. The van der Waals surface area contributed by atoms with E-state index in [0.29, 0.717) is 5.02 Å². The third kappa shape index (κ3) is 2.30. The van der Waals surface area contributed by atoms with Crippen LogP contribution in [0.3, 0.4) is 0 Å². The first-order chi connectivity index (χ1) is 9.59. The zero-order valence-corrected chi connectivity index (χ0v) is 13.3. The van der Waals surface area contributed by atoms with E-state index in [1.54, 1.807) is 17.5 Å². The lowest BCUT2D eigenvalue weighted by atomic mass is 9.82. The van der Waals surface area contributed by atoms with Crippen molar-refractivity contribution in [3.05, 3.63) is 38.8 Å². The van der Waals surface area contributed by atoms with Crippen molar-refractivity contribution in [2.75, 3.05) is 0 Å². The maximum atomic E-state index is 10.9. The lowest BCUT2D eigenvalue weighted by molar-refractivity contribution is 0.125. The van der Waals surface area contributed by atoms with Crippen LogP contribution in [0.2, 0.25) is 5.02 Å². The second-order valence-electron chi connectivity index (χ2n) is 5.66. The molecule has 0 aliphatic heterocycles. The van der Waals surface area contributed by atoms with Gasteiger partial charge in [0.05, 0.1) is 16.9 Å². The molecular formula is C15H19ClN2OS. The summed E-state index contributed by atoms with van der Waals surface area (Å²) in [6, 6.07) is 2.34. The molecule has 0 saturated heterocycles. The first kappa shape index (κ1) is 14.1. The fourth-order valence-electron chi connectivity index (χ4n) is 3.08. The highest BCUT2D eigenvalue weighted by Crippen LogP contribution is 2.44. The van der Waals surface area contributed by atoms with Crippen molar-refractivity contribution in [1.29, 1.82) is 0 Å². The monoisotopic (exact) mass is 310 g/mol. The molecule has 3 nitrogen and oxygen atoms in total. The number of halogens is 1. The SMILES string of the molecule is CC(C)n1ncc(Cl)c1C(O)C1CCCc2sccc21. The van der Waals surface area contributed by atoms with Gasteiger partial charge in [0.1, 0.15) is 6.10 Å². The summed E-state index contributed by atoms with van der Waals surface area (Å²) in [5.41, 5.74) is 2.05. The minimum Gasteiger partial charge on any atom is -0.386 e. The fourth-order valence-corrected chi connectivity index (χ4v) is 4.32. The van der Waals surface area contributed by atoms with E-state index in [-0.39, 0.29) is 12.0 Å². The van der Waals surface area contributed by atoms with Crippen LogP contribution in [-0.4, -0.2) is 14.9 Å². The van der Waals surface area contributed by atoms with Gasteiger partial charge in [0, 0.05) is 16.8 Å². The molecule has 1 N–H and O–H groups in total. The number of rotatable bonds is 3. The van der Waals surface area contributed by atoms with Crippen LogP contribution in [0.25, 0.3) is 0 Å². The molecule has 0 fully saturated rings. The fraction of sp³-hybridized carbons (Fsp3) is 0.533. The maximum Gasteiger partial charge on any atom is 0.104 e. The number of aryl methyl sites for hydroxylation is 1. The highest BCUT2D eigenvalue weighted by Gasteiger charge is 2.32. The molecule has 108 valence electrons. The molecular weight excluding hydrogens is 292 g/mol. The molecule has 1 aliphatic carbocycles. The molecule has 2 heterocycles. The Kier molecular flexibility index (Phi) is 3.89. The van der Waals surface area contributed by atoms with Gasteiger partial charge in [0.2, 0.25) is 0 Å².